The Kier molecular flexibility index (Phi) is 7.28. The number of rotatable bonds is 7. The lowest BCUT2D eigenvalue weighted by Gasteiger charge is -2.17. The van der Waals surface area contributed by atoms with Gasteiger partial charge in [-0.05, 0) is 53.1 Å². The van der Waals surface area contributed by atoms with Gasteiger partial charge < -0.3 is 5.32 Å². The Hall–Kier alpha value is 0.0400. The molecule has 1 atom stereocenters. The van der Waals surface area contributed by atoms with Crippen LogP contribution in [0.15, 0.2) is 18.2 Å². The summed E-state index contributed by atoms with van der Waals surface area (Å²) in [7, 11) is 0. The number of unbranched alkanes of at least 4 members (excludes halogenated alkanes) is 1. The Balaban J connectivity index is 2.47. The highest BCUT2D eigenvalue weighted by Crippen LogP contribution is 2.23. The van der Waals surface area contributed by atoms with E-state index in [0.29, 0.717) is 0 Å². The molecule has 1 rings (SSSR count). The third kappa shape index (κ3) is 5.47. The summed E-state index contributed by atoms with van der Waals surface area (Å²) in [6.07, 6.45) is 5.19. The van der Waals surface area contributed by atoms with Crippen LogP contribution in [0.4, 0.5) is 5.69 Å². The molecule has 0 bridgehead atoms. The van der Waals surface area contributed by atoms with E-state index in [1.807, 2.05) is 12.1 Å². The number of benzene rings is 1. The first-order chi connectivity index (χ1) is 8.17. The lowest BCUT2D eigenvalue weighted by molar-refractivity contribution is 0.473. The molecule has 0 saturated heterocycles. The van der Waals surface area contributed by atoms with Gasteiger partial charge in [-0.25, -0.2) is 0 Å². The van der Waals surface area contributed by atoms with Gasteiger partial charge in [0.25, 0.3) is 0 Å². The zero-order chi connectivity index (χ0) is 12.7. The largest absolute Gasteiger partial charge is 0.384 e. The predicted molar refractivity (Wildman–Crippen MR) is 86.0 cm³/mol. The second kappa shape index (κ2) is 8.20. The molecule has 0 spiro atoms. The summed E-state index contributed by atoms with van der Waals surface area (Å²) in [6.45, 7) is 5.59. The van der Waals surface area contributed by atoms with Gasteiger partial charge in [0.05, 0.1) is 0 Å². The molecule has 0 aliphatic heterocycles. The highest BCUT2D eigenvalue weighted by Gasteiger charge is 2.07. The number of halogens is 2. The first-order valence-electron chi connectivity index (χ1n) is 6.36. The van der Waals surface area contributed by atoms with Gasteiger partial charge in [-0.2, -0.15) is 0 Å². The monoisotopic (exact) mass is 365 g/mol. The fourth-order valence-electron chi connectivity index (χ4n) is 1.83. The van der Waals surface area contributed by atoms with E-state index in [0.717, 1.165) is 17.5 Å². The molecule has 0 radical (unpaired) electrons. The summed E-state index contributed by atoms with van der Waals surface area (Å²) in [4.78, 5) is 0. The van der Waals surface area contributed by atoms with Crippen molar-refractivity contribution in [2.24, 2.45) is 5.92 Å². The summed E-state index contributed by atoms with van der Waals surface area (Å²) < 4.78 is 1.19. The second-order valence-electron chi connectivity index (χ2n) is 4.42. The van der Waals surface area contributed by atoms with Crippen LogP contribution in [0.25, 0.3) is 0 Å². The molecule has 0 amide bonds. The van der Waals surface area contributed by atoms with Gasteiger partial charge in [0.2, 0.25) is 0 Å². The molecule has 1 nitrogen and oxygen atoms in total. The van der Waals surface area contributed by atoms with Crippen molar-refractivity contribution in [3.05, 3.63) is 26.8 Å². The molecule has 1 aromatic carbocycles. The standard InChI is InChI=1S/C14H21ClIN/c1-3-5-6-11(4-2)10-17-14-8-7-12(15)9-13(14)16/h7-9,11,17H,3-6,10H2,1-2H3. The van der Waals surface area contributed by atoms with E-state index in [2.05, 4.69) is 47.8 Å². The zero-order valence-electron chi connectivity index (χ0n) is 10.6. The minimum absolute atomic E-state index is 0.779. The minimum Gasteiger partial charge on any atom is -0.384 e. The highest BCUT2D eigenvalue weighted by molar-refractivity contribution is 14.1. The molecule has 0 aliphatic carbocycles. The van der Waals surface area contributed by atoms with Crippen molar-refractivity contribution >= 4 is 39.9 Å². The van der Waals surface area contributed by atoms with Gasteiger partial charge in [0.15, 0.2) is 0 Å². The molecular weight excluding hydrogens is 345 g/mol. The minimum atomic E-state index is 0.779. The van der Waals surface area contributed by atoms with E-state index in [4.69, 9.17) is 11.6 Å². The van der Waals surface area contributed by atoms with E-state index >= 15 is 0 Å². The van der Waals surface area contributed by atoms with Crippen molar-refractivity contribution in [1.82, 2.24) is 0 Å². The fraction of sp³-hybridized carbons (Fsp3) is 0.571. The third-order valence-corrected chi connectivity index (χ3v) is 4.18. The summed E-state index contributed by atoms with van der Waals surface area (Å²) in [5.41, 5.74) is 1.20. The van der Waals surface area contributed by atoms with Gasteiger partial charge >= 0.3 is 0 Å². The van der Waals surface area contributed by atoms with Crippen LogP contribution in [0.3, 0.4) is 0 Å². The average molecular weight is 366 g/mol. The Bertz CT molecular complexity index is 341. The molecule has 1 unspecified atom stereocenters. The molecule has 0 fully saturated rings. The van der Waals surface area contributed by atoms with Crippen LogP contribution in [0.5, 0.6) is 0 Å². The van der Waals surface area contributed by atoms with Crippen molar-refractivity contribution in [1.29, 1.82) is 0 Å². The molecule has 0 aliphatic rings. The molecule has 0 aromatic heterocycles. The molecule has 3 heteroatoms. The van der Waals surface area contributed by atoms with Crippen LogP contribution >= 0.6 is 34.2 Å². The topological polar surface area (TPSA) is 12.0 Å². The summed E-state index contributed by atoms with van der Waals surface area (Å²) in [5, 5.41) is 4.34. The Labute approximate surface area is 123 Å². The first-order valence-corrected chi connectivity index (χ1v) is 7.82. The Morgan fingerprint density at radius 1 is 1.35 bits per heavy atom. The van der Waals surface area contributed by atoms with Crippen LogP contribution < -0.4 is 5.32 Å². The Morgan fingerprint density at radius 3 is 2.71 bits per heavy atom. The summed E-state index contributed by atoms with van der Waals surface area (Å²) in [6, 6.07) is 6.01. The second-order valence-corrected chi connectivity index (χ2v) is 6.02. The number of anilines is 1. The van der Waals surface area contributed by atoms with Crippen LogP contribution in [-0.4, -0.2) is 6.54 Å². The summed E-state index contributed by atoms with van der Waals surface area (Å²) >= 11 is 8.27. The van der Waals surface area contributed by atoms with E-state index in [1.54, 1.807) is 0 Å². The molecule has 96 valence electrons. The van der Waals surface area contributed by atoms with Gasteiger partial charge in [-0.3, -0.25) is 0 Å². The van der Waals surface area contributed by atoms with Crippen molar-refractivity contribution < 1.29 is 0 Å². The maximum absolute atomic E-state index is 5.94. The third-order valence-electron chi connectivity index (χ3n) is 3.06. The lowest BCUT2D eigenvalue weighted by atomic mass is 9.99. The van der Waals surface area contributed by atoms with E-state index in [1.165, 1.54) is 34.9 Å². The zero-order valence-corrected chi connectivity index (χ0v) is 13.5. The predicted octanol–water partition coefficient (Wildman–Crippen LogP) is 5.57. The quantitative estimate of drug-likeness (QED) is 0.623. The van der Waals surface area contributed by atoms with Crippen molar-refractivity contribution in [2.45, 2.75) is 39.5 Å². The normalized spacial score (nSPS) is 12.5. The van der Waals surface area contributed by atoms with Gasteiger partial charge in [-0.1, -0.05) is 44.7 Å². The maximum Gasteiger partial charge on any atom is 0.0477 e. The SMILES string of the molecule is CCCCC(CC)CNc1ccc(Cl)cc1I. The highest BCUT2D eigenvalue weighted by atomic mass is 127. The number of hydrogen-bond donors (Lipinski definition) is 1. The first kappa shape index (κ1) is 15.1. The average Bonchev–Trinajstić information content (AvgIpc) is 2.31. The van der Waals surface area contributed by atoms with Crippen molar-refractivity contribution in [3.8, 4) is 0 Å². The smallest absolute Gasteiger partial charge is 0.0477 e. The fourth-order valence-corrected chi connectivity index (χ4v) is 2.89. The molecule has 1 N–H and O–H groups in total. The van der Waals surface area contributed by atoms with Gasteiger partial charge in [-0.15, -0.1) is 0 Å². The van der Waals surface area contributed by atoms with Gasteiger partial charge in [0.1, 0.15) is 0 Å². The van der Waals surface area contributed by atoms with E-state index < -0.39 is 0 Å². The lowest BCUT2D eigenvalue weighted by Crippen LogP contribution is -2.14. The summed E-state index contributed by atoms with van der Waals surface area (Å²) in [5.74, 6) is 0.779. The van der Waals surface area contributed by atoms with Crippen LogP contribution in [0.2, 0.25) is 5.02 Å². The van der Waals surface area contributed by atoms with Crippen LogP contribution in [-0.2, 0) is 0 Å². The molecule has 0 saturated carbocycles. The molecule has 1 aromatic rings. The van der Waals surface area contributed by atoms with Gasteiger partial charge in [0, 0.05) is 20.8 Å². The van der Waals surface area contributed by atoms with Crippen molar-refractivity contribution in [2.75, 3.05) is 11.9 Å². The number of hydrogen-bond acceptors (Lipinski definition) is 1. The van der Waals surface area contributed by atoms with Crippen LogP contribution in [0.1, 0.15) is 39.5 Å². The van der Waals surface area contributed by atoms with E-state index in [-0.39, 0.29) is 0 Å². The van der Waals surface area contributed by atoms with Crippen molar-refractivity contribution in [3.63, 3.8) is 0 Å². The number of nitrogens with one attached hydrogen (secondary N) is 1. The molecular formula is C14H21ClIN. The van der Waals surface area contributed by atoms with E-state index in [9.17, 15) is 0 Å². The molecule has 17 heavy (non-hydrogen) atoms. The van der Waals surface area contributed by atoms with Crippen LogP contribution in [0, 0.1) is 9.49 Å². The Morgan fingerprint density at radius 2 is 2.12 bits per heavy atom. The maximum atomic E-state index is 5.94. The molecule has 0 heterocycles.